The first-order chi connectivity index (χ1) is 11.4. The van der Waals surface area contributed by atoms with Crippen molar-refractivity contribution in [3.8, 4) is 5.75 Å². The first kappa shape index (κ1) is 18.3. The molecule has 1 atom stereocenters. The van der Waals surface area contributed by atoms with E-state index in [1.807, 2.05) is 6.92 Å². The van der Waals surface area contributed by atoms with Gasteiger partial charge in [-0.2, -0.15) is 0 Å². The fourth-order valence-electron chi connectivity index (χ4n) is 2.07. The number of halogens is 1. The summed E-state index contributed by atoms with van der Waals surface area (Å²) in [7, 11) is 0. The molecular weight excluding hydrogens is 330 g/mol. The fourth-order valence-corrected chi connectivity index (χ4v) is 2.23. The number of nitrogens with one attached hydrogen (secondary N) is 1. The molecule has 1 amide bonds. The van der Waals surface area contributed by atoms with Crippen LogP contribution in [0.15, 0.2) is 29.0 Å². The molecule has 0 aliphatic rings. The molecule has 7 heteroatoms. The molecule has 0 saturated heterocycles. The lowest BCUT2D eigenvalue weighted by molar-refractivity contribution is 0.0927. The maximum absolute atomic E-state index is 12.1. The van der Waals surface area contributed by atoms with Gasteiger partial charge in [-0.1, -0.05) is 30.6 Å². The van der Waals surface area contributed by atoms with Crippen molar-refractivity contribution in [2.24, 2.45) is 5.92 Å². The largest absolute Gasteiger partial charge is 0.484 e. The van der Waals surface area contributed by atoms with Gasteiger partial charge in [-0.05, 0) is 25.7 Å². The summed E-state index contributed by atoms with van der Waals surface area (Å²) < 4.78 is 10.6. The number of nitrogens with zero attached hydrogens (tertiary/aromatic N) is 2. The van der Waals surface area contributed by atoms with Gasteiger partial charge in [-0.25, -0.2) is 0 Å². The molecule has 0 fully saturated rings. The molecule has 2 rings (SSSR count). The maximum Gasteiger partial charge on any atom is 0.273 e. The van der Waals surface area contributed by atoms with Crippen LogP contribution in [0.25, 0.3) is 0 Å². The Labute approximate surface area is 146 Å². The summed E-state index contributed by atoms with van der Waals surface area (Å²) >= 11 is 5.83. The molecule has 0 radical (unpaired) electrons. The number of amides is 1. The standard InChI is InChI=1S/C17H22ClN3O3/c1-11(2)4-5-12(3)20-17(22)16-7-15(24-21-16)10-23-14-6-13(18)8-19-9-14/h6-9,11-12H,4-5,10H2,1-3H3,(H,20,22)/t12-/m0/s1. The predicted octanol–water partition coefficient (Wildman–Crippen LogP) is 3.86. The average molecular weight is 352 g/mol. The highest BCUT2D eigenvalue weighted by Crippen LogP contribution is 2.17. The Bertz CT molecular complexity index is 673. The third-order valence-corrected chi connectivity index (χ3v) is 3.61. The van der Waals surface area contributed by atoms with E-state index in [4.69, 9.17) is 20.9 Å². The molecule has 0 unspecified atom stereocenters. The van der Waals surface area contributed by atoms with E-state index in [1.165, 1.54) is 6.20 Å². The van der Waals surface area contributed by atoms with Gasteiger partial charge in [0.15, 0.2) is 11.5 Å². The molecule has 0 aliphatic carbocycles. The van der Waals surface area contributed by atoms with E-state index >= 15 is 0 Å². The molecule has 24 heavy (non-hydrogen) atoms. The minimum Gasteiger partial charge on any atom is -0.484 e. The Hall–Kier alpha value is -2.08. The zero-order valence-corrected chi connectivity index (χ0v) is 14.8. The van der Waals surface area contributed by atoms with E-state index in [2.05, 4.69) is 29.3 Å². The summed E-state index contributed by atoms with van der Waals surface area (Å²) in [6.45, 7) is 6.45. The Morgan fingerprint density at radius 2 is 2.08 bits per heavy atom. The SMILES string of the molecule is CC(C)CC[C@H](C)NC(=O)c1cc(COc2cncc(Cl)c2)on1. The second-order valence-corrected chi connectivity index (χ2v) is 6.59. The van der Waals surface area contributed by atoms with Crippen molar-refractivity contribution in [1.29, 1.82) is 0 Å². The van der Waals surface area contributed by atoms with E-state index in [-0.39, 0.29) is 24.2 Å². The van der Waals surface area contributed by atoms with Crippen molar-refractivity contribution in [1.82, 2.24) is 15.5 Å². The Kier molecular flexibility index (Phi) is 6.61. The summed E-state index contributed by atoms with van der Waals surface area (Å²) in [6, 6.07) is 3.31. The van der Waals surface area contributed by atoms with Crippen LogP contribution in [-0.2, 0) is 6.61 Å². The zero-order valence-electron chi connectivity index (χ0n) is 14.1. The van der Waals surface area contributed by atoms with Crippen LogP contribution in [-0.4, -0.2) is 22.1 Å². The maximum atomic E-state index is 12.1. The number of pyridine rings is 1. The number of rotatable bonds is 8. The third-order valence-electron chi connectivity index (χ3n) is 3.41. The molecule has 0 saturated carbocycles. The average Bonchev–Trinajstić information content (AvgIpc) is 3.00. The minimum absolute atomic E-state index is 0.0915. The molecule has 130 valence electrons. The van der Waals surface area contributed by atoms with Crippen molar-refractivity contribution in [3.05, 3.63) is 41.0 Å². The highest BCUT2D eigenvalue weighted by molar-refractivity contribution is 6.30. The van der Waals surface area contributed by atoms with Crippen LogP contribution in [0.3, 0.4) is 0 Å². The zero-order chi connectivity index (χ0) is 17.5. The molecule has 2 aromatic rings. The lowest BCUT2D eigenvalue weighted by Gasteiger charge is -2.13. The molecule has 0 spiro atoms. The van der Waals surface area contributed by atoms with E-state index in [9.17, 15) is 4.79 Å². The molecular formula is C17H22ClN3O3. The van der Waals surface area contributed by atoms with Gasteiger partial charge in [0.05, 0.1) is 11.2 Å². The van der Waals surface area contributed by atoms with Crippen molar-refractivity contribution in [2.45, 2.75) is 46.3 Å². The van der Waals surface area contributed by atoms with Crippen LogP contribution in [0.4, 0.5) is 0 Å². The number of hydrogen-bond donors (Lipinski definition) is 1. The van der Waals surface area contributed by atoms with Crippen LogP contribution in [0.2, 0.25) is 5.02 Å². The van der Waals surface area contributed by atoms with Gasteiger partial charge >= 0.3 is 0 Å². The lowest BCUT2D eigenvalue weighted by atomic mass is 10.0. The highest BCUT2D eigenvalue weighted by Gasteiger charge is 2.15. The van der Waals surface area contributed by atoms with Crippen molar-refractivity contribution in [2.75, 3.05) is 0 Å². The topological polar surface area (TPSA) is 77.2 Å². The number of hydrogen-bond acceptors (Lipinski definition) is 5. The second-order valence-electron chi connectivity index (χ2n) is 6.15. The molecule has 2 heterocycles. The molecule has 0 bridgehead atoms. The summed E-state index contributed by atoms with van der Waals surface area (Å²) in [4.78, 5) is 16.1. The number of ether oxygens (including phenoxy) is 1. The van der Waals surface area contributed by atoms with Gasteiger partial charge in [-0.15, -0.1) is 0 Å². The second kappa shape index (κ2) is 8.68. The van der Waals surface area contributed by atoms with Crippen LogP contribution in [0.5, 0.6) is 5.75 Å². The summed E-state index contributed by atoms with van der Waals surface area (Å²) in [5.41, 5.74) is 0.245. The molecule has 1 N–H and O–H groups in total. The summed E-state index contributed by atoms with van der Waals surface area (Å²) in [5.74, 6) is 1.34. The van der Waals surface area contributed by atoms with Gasteiger partial charge < -0.3 is 14.6 Å². The Morgan fingerprint density at radius 3 is 2.79 bits per heavy atom. The molecule has 0 aliphatic heterocycles. The quantitative estimate of drug-likeness (QED) is 0.781. The van der Waals surface area contributed by atoms with E-state index in [0.717, 1.165) is 12.8 Å². The van der Waals surface area contributed by atoms with Crippen LogP contribution < -0.4 is 10.1 Å². The van der Waals surface area contributed by atoms with Gasteiger partial charge in [0.1, 0.15) is 12.4 Å². The van der Waals surface area contributed by atoms with Crippen LogP contribution in [0, 0.1) is 5.92 Å². The number of carbonyl (C=O) groups is 1. The monoisotopic (exact) mass is 351 g/mol. The number of aromatic nitrogens is 2. The van der Waals surface area contributed by atoms with E-state index in [1.54, 1.807) is 18.3 Å². The van der Waals surface area contributed by atoms with Crippen molar-refractivity contribution >= 4 is 17.5 Å². The third kappa shape index (κ3) is 5.85. The van der Waals surface area contributed by atoms with E-state index < -0.39 is 0 Å². The highest BCUT2D eigenvalue weighted by atomic mass is 35.5. The van der Waals surface area contributed by atoms with E-state index in [0.29, 0.717) is 22.5 Å². The van der Waals surface area contributed by atoms with Gasteiger partial charge in [0.25, 0.3) is 5.91 Å². The minimum atomic E-state index is -0.245. The number of carbonyl (C=O) groups excluding carboxylic acids is 1. The normalized spacial score (nSPS) is 12.2. The molecule has 0 aromatic carbocycles. The van der Waals surface area contributed by atoms with Gasteiger partial charge in [0.2, 0.25) is 0 Å². The van der Waals surface area contributed by atoms with Crippen LogP contribution in [0.1, 0.15) is 49.9 Å². The molecule has 2 aromatic heterocycles. The predicted molar refractivity (Wildman–Crippen MR) is 91.1 cm³/mol. The summed E-state index contributed by atoms with van der Waals surface area (Å²) in [6.07, 6.45) is 5.06. The van der Waals surface area contributed by atoms with Crippen molar-refractivity contribution in [3.63, 3.8) is 0 Å². The first-order valence-electron chi connectivity index (χ1n) is 7.94. The van der Waals surface area contributed by atoms with Gasteiger partial charge in [0, 0.05) is 24.4 Å². The smallest absolute Gasteiger partial charge is 0.273 e. The Balaban J connectivity index is 1.84. The van der Waals surface area contributed by atoms with Crippen LogP contribution >= 0.6 is 11.6 Å². The fraction of sp³-hybridized carbons (Fsp3) is 0.471. The Morgan fingerprint density at radius 1 is 1.29 bits per heavy atom. The molecule has 6 nitrogen and oxygen atoms in total. The van der Waals surface area contributed by atoms with Gasteiger partial charge in [-0.3, -0.25) is 9.78 Å². The first-order valence-corrected chi connectivity index (χ1v) is 8.31. The lowest BCUT2D eigenvalue weighted by Crippen LogP contribution is -2.32. The van der Waals surface area contributed by atoms with Crippen molar-refractivity contribution < 1.29 is 14.1 Å². The summed E-state index contributed by atoms with van der Waals surface area (Å²) in [5, 5.41) is 7.19.